The largest absolute Gasteiger partial charge is 0.481 e. The van der Waals surface area contributed by atoms with Crippen LogP contribution >= 0.6 is 0 Å². The first-order chi connectivity index (χ1) is 22.7. The van der Waals surface area contributed by atoms with E-state index in [9.17, 15) is 24.3 Å². The molecule has 1 amide bonds. The summed E-state index contributed by atoms with van der Waals surface area (Å²) in [6, 6.07) is 1.69. The second-order valence-electron chi connectivity index (χ2n) is 18.5. The first kappa shape index (κ1) is 35.7. The highest BCUT2D eigenvalue weighted by Crippen LogP contribution is 2.76. The molecule has 8 atom stereocenters. The van der Waals surface area contributed by atoms with Crippen LogP contribution in [0.3, 0.4) is 0 Å². The zero-order valence-electron chi connectivity index (χ0n) is 31.1. The van der Waals surface area contributed by atoms with Crippen molar-refractivity contribution in [2.75, 3.05) is 0 Å². The maximum Gasteiger partial charge on any atom is 0.309 e. The topological polar surface area (TPSA) is 136 Å². The maximum atomic E-state index is 13.9. The lowest BCUT2D eigenvalue weighted by atomic mass is 9.33. The number of Topliss-reactive ketones (excluding diaryl/α,β-unsaturated/α-hetero) is 1. The number of carbonyl (C=O) groups excluding carboxylic acids is 3. The average molecular weight is 676 g/mol. The van der Waals surface area contributed by atoms with Gasteiger partial charge in [0.2, 0.25) is 5.82 Å². The lowest BCUT2D eigenvalue weighted by Crippen LogP contribution is -2.67. The van der Waals surface area contributed by atoms with E-state index in [-0.39, 0.29) is 63.5 Å². The van der Waals surface area contributed by atoms with Gasteiger partial charge in [-0.1, -0.05) is 48.5 Å². The van der Waals surface area contributed by atoms with E-state index < -0.39 is 22.9 Å². The number of aliphatic carboxylic acids is 1. The number of nitrogens with zero attached hydrogens (tertiary/aromatic N) is 2. The molecule has 1 aromatic heterocycles. The molecule has 4 fully saturated rings. The number of fused-ring (bicyclic) bond motifs is 7. The van der Waals surface area contributed by atoms with Gasteiger partial charge >= 0.3 is 11.9 Å². The summed E-state index contributed by atoms with van der Waals surface area (Å²) in [7, 11) is 0. The fraction of sp³-hybridized carbons (Fsp3) is 0.750. The fourth-order valence-electron chi connectivity index (χ4n) is 12.3. The van der Waals surface area contributed by atoms with Crippen molar-refractivity contribution < 1.29 is 29.0 Å². The number of carboxylic acid groups (broad SMARTS) is 1. The van der Waals surface area contributed by atoms with Crippen molar-refractivity contribution in [3.8, 4) is 0 Å². The minimum atomic E-state index is -1.17. The molecular weight excluding hydrogens is 618 g/mol. The van der Waals surface area contributed by atoms with Crippen LogP contribution in [0.1, 0.15) is 137 Å². The molecule has 0 aliphatic heterocycles. The second-order valence-corrected chi connectivity index (χ2v) is 18.5. The Balaban J connectivity index is 1.30. The molecule has 2 N–H and O–H groups in total. The van der Waals surface area contributed by atoms with E-state index >= 15 is 0 Å². The molecular formula is C40H57N3O6. The quantitative estimate of drug-likeness (QED) is 0.287. The summed E-state index contributed by atoms with van der Waals surface area (Å²) in [5, 5.41) is 12.9. The summed E-state index contributed by atoms with van der Waals surface area (Å²) >= 11 is 0. The zero-order valence-corrected chi connectivity index (χ0v) is 31.1. The molecule has 1 heterocycles. The first-order valence-electron chi connectivity index (χ1n) is 18.5. The molecule has 0 radical (unpaired) electrons. The highest BCUT2D eigenvalue weighted by atomic mass is 16.5. The number of carbonyl (C=O) groups is 4. The molecule has 0 saturated heterocycles. The van der Waals surface area contributed by atoms with Gasteiger partial charge in [0.25, 0.3) is 5.91 Å². The number of aromatic nitrogens is 2. The van der Waals surface area contributed by atoms with E-state index in [1.807, 2.05) is 0 Å². The van der Waals surface area contributed by atoms with Gasteiger partial charge in [-0.05, 0) is 122 Å². The summed E-state index contributed by atoms with van der Waals surface area (Å²) in [5.74, 6) is -0.397. The van der Waals surface area contributed by atoms with Crippen molar-refractivity contribution >= 4 is 23.6 Å². The number of ketones is 1. The molecule has 9 heteroatoms. The molecule has 3 unspecified atom stereocenters. The molecule has 5 aliphatic rings. The molecule has 9 nitrogen and oxygen atoms in total. The number of nitrogens with one attached hydrogen (secondary N) is 1. The molecule has 0 bridgehead atoms. The van der Waals surface area contributed by atoms with Crippen molar-refractivity contribution in [3.05, 3.63) is 35.4 Å². The number of ether oxygens (including phenoxy) is 1. The van der Waals surface area contributed by atoms with E-state index in [4.69, 9.17) is 4.74 Å². The van der Waals surface area contributed by atoms with Crippen molar-refractivity contribution in [2.45, 2.75) is 138 Å². The summed E-state index contributed by atoms with van der Waals surface area (Å²) in [4.78, 5) is 60.6. The molecule has 6 rings (SSSR count). The van der Waals surface area contributed by atoms with Crippen molar-refractivity contribution in [3.63, 3.8) is 0 Å². The Hall–Kier alpha value is -3.10. The molecule has 4 saturated carbocycles. The van der Waals surface area contributed by atoms with Crippen LogP contribution < -0.4 is 5.32 Å². The van der Waals surface area contributed by atoms with E-state index in [2.05, 4.69) is 63.8 Å². The van der Waals surface area contributed by atoms with Crippen LogP contribution in [0.15, 0.2) is 29.6 Å². The predicted octanol–water partition coefficient (Wildman–Crippen LogP) is 7.35. The molecule has 0 spiro atoms. The minimum absolute atomic E-state index is 0.0196. The van der Waals surface area contributed by atoms with Gasteiger partial charge in [0.05, 0.1) is 17.4 Å². The van der Waals surface area contributed by atoms with Gasteiger partial charge in [-0.25, -0.2) is 9.97 Å². The third kappa shape index (κ3) is 5.30. The second kappa shape index (κ2) is 11.7. The molecule has 1 aromatic rings. The van der Waals surface area contributed by atoms with Crippen LogP contribution in [0.25, 0.3) is 0 Å². The number of hydrogen-bond acceptors (Lipinski definition) is 7. The first-order valence-corrected chi connectivity index (χ1v) is 18.5. The smallest absolute Gasteiger partial charge is 0.309 e. The number of esters is 1. The van der Waals surface area contributed by atoms with Crippen molar-refractivity contribution in [1.82, 2.24) is 15.3 Å². The standard InChI is InChI=1S/C40H57N3O6/c1-23(2)30-25(44)21-40(43-33(46)32-41-19-10-20-42-32)18-17-38(8)24(31(30)40)11-12-27-37(7)15-14-28(49-29(45)22-35(3,4)34(47)48)36(5,6)26(37)13-16-39(27,38)9/h10,19-20,23-24,26-28H,11-18,21-22H2,1-9H3,(H,43,46)(H,47,48)/t24?,26?,27?,28-,37-,38+,39+,40+/m0/s1. The van der Waals surface area contributed by atoms with Gasteiger partial charge in [0.1, 0.15) is 6.10 Å². The predicted molar refractivity (Wildman–Crippen MR) is 185 cm³/mol. The number of rotatable bonds is 7. The van der Waals surface area contributed by atoms with Crippen LogP contribution in [-0.4, -0.2) is 50.3 Å². The van der Waals surface area contributed by atoms with E-state index in [0.717, 1.165) is 50.5 Å². The summed E-state index contributed by atoms with van der Waals surface area (Å²) < 4.78 is 6.14. The van der Waals surface area contributed by atoms with E-state index in [1.54, 1.807) is 32.3 Å². The SMILES string of the molecule is CC(C)C1=C2C3CCC4[C@@]5(C)CC[C@H](OC(=O)CC(C)(C)C(=O)O)C(C)(C)C5CC[C@@]4(C)[C@]3(C)CC[C@@]2(NC(=O)c2ncccn2)CC1=O. The third-order valence-electron chi connectivity index (χ3n) is 14.9. The summed E-state index contributed by atoms with van der Waals surface area (Å²) in [6.45, 7) is 19.4. The van der Waals surface area contributed by atoms with Crippen LogP contribution in [0.2, 0.25) is 0 Å². The van der Waals surface area contributed by atoms with Crippen molar-refractivity contribution in [2.24, 2.45) is 50.7 Å². The van der Waals surface area contributed by atoms with Gasteiger partial charge in [-0.15, -0.1) is 0 Å². The van der Waals surface area contributed by atoms with Crippen LogP contribution in [-0.2, 0) is 19.1 Å². The Labute approximate surface area is 291 Å². The number of allylic oxidation sites excluding steroid dienone is 1. The zero-order chi connectivity index (χ0) is 35.9. The summed E-state index contributed by atoms with van der Waals surface area (Å²) in [5.41, 5.74) is -0.0353. The minimum Gasteiger partial charge on any atom is -0.481 e. The number of amides is 1. The van der Waals surface area contributed by atoms with Gasteiger partial charge < -0.3 is 15.2 Å². The third-order valence-corrected chi connectivity index (χ3v) is 14.9. The monoisotopic (exact) mass is 675 g/mol. The number of hydrogen-bond donors (Lipinski definition) is 2. The highest BCUT2D eigenvalue weighted by molar-refractivity contribution is 6.03. The Bertz CT molecular complexity index is 1580. The highest BCUT2D eigenvalue weighted by Gasteiger charge is 2.70. The molecule has 49 heavy (non-hydrogen) atoms. The van der Waals surface area contributed by atoms with Gasteiger partial charge in [-0.3, -0.25) is 19.2 Å². The fourth-order valence-corrected chi connectivity index (χ4v) is 12.3. The normalized spacial score (nSPS) is 38.2. The Morgan fingerprint density at radius 3 is 2.24 bits per heavy atom. The number of carboxylic acids is 1. The van der Waals surface area contributed by atoms with Crippen molar-refractivity contribution in [1.29, 1.82) is 0 Å². The lowest BCUT2D eigenvalue weighted by Gasteiger charge is -2.72. The van der Waals surface area contributed by atoms with Crippen LogP contribution in [0.5, 0.6) is 0 Å². The van der Waals surface area contributed by atoms with E-state index in [0.29, 0.717) is 24.7 Å². The average Bonchev–Trinajstić information content (AvgIpc) is 3.30. The lowest BCUT2D eigenvalue weighted by molar-refractivity contribution is -0.232. The van der Waals surface area contributed by atoms with E-state index in [1.165, 1.54) is 5.57 Å². The van der Waals surface area contributed by atoms with Gasteiger partial charge in [0, 0.05) is 24.2 Å². The Morgan fingerprint density at radius 2 is 1.61 bits per heavy atom. The molecule has 0 aromatic carbocycles. The molecule has 5 aliphatic carbocycles. The Morgan fingerprint density at radius 1 is 0.939 bits per heavy atom. The Kier molecular flexibility index (Phi) is 8.55. The van der Waals surface area contributed by atoms with Gasteiger partial charge in [-0.2, -0.15) is 0 Å². The van der Waals surface area contributed by atoms with Crippen LogP contribution in [0, 0.1) is 50.7 Å². The summed E-state index contributed by atoms with van der Waals surface area (Å²) in [6.07, 6.45) is 10.5. The van der Waals surface area contributed by atoms with Gasteiger partial charge in [0.15, 0.2) is 5.78 Å². The molecule has 268 valence electrons. The maximum absolute atomic E-state index is 13.9. The van der Waals surface area contributed by atoms with Crippen LogP contribution in [0.4, 0.5) is 0 Å².